The second-order valence-corrected chi connectivity index (χ2v) is 5.86. The van der Waals surface area contributed by atoms with E-state index in [0.29, 0.717) is 6.04 Å². The van der Waals surface area contributed by atoms with Gasteiger partial charge in [0.1, 0.15) is 12.1 Å². The SMILES string of the molecule is CC(N(C)c1ncnc2c1cnn2C)C(C)(C)C. The average molecular weight is 247 g/mol. The van der Waals surface area contributed by atoms with Crippen molar-refractivity contribution in [3.63, 3.8) is 0 Å². The summed E-state index contributed by atoms with van der Waals surface area (Å²) in [5.41, 5.74) is 1.06. The molecule has 18 heavy (non-hydrogen) atoms. The molecule has 1 atom stereocenters. The quantitative estimate of drug-likeness (QED) is 0.816. The van der Waals surface area contributed by atoms with E-state index in [4.69, 9.17) is 0 Å². The molecule has 0 fully saturated rings. The molecule has 0 bridgehead atoms. The Kier molecular flexibility index (Phi) is 3.00. The lowest BCUT2D eigenvalue weighted by Crippen LogP contribution is -2.39. The van der Waals surface area contributed by atoms with Gasteiger partial charge in [-0.25, -0.2) is 9.97 Å². The van der Waals surface area contributed by atoms with Gasteiger partial charge in [0.15, 0.2) is 5.65 Å². The Labute approximate surface area is 108 Å². The molecular formula is C13H21N5. The zero-order valence-electron chi connectivity index (χ0n) is 12.0. The second kappa shape index (κ2) is 4.23. The van der Waals surface area contributed by atoms with E-state index in [2.05, 4.69) is 54.7 Å². The number of rotatable bonds is 2. The van der Waals surface area contributed by atoms with Crippen molar-refractivity contribution in [1.82, 2.24) is 19.7 Å². The van der Waals surface area contributed by atoms with Crippen LogP contribution in [0.4, 0.5) is 5.82 Å². The summed E-state index contributed by atoms with van der Waals surface area (Å²) in [6.07, 6.45) is 3.43. The van der Waals surface area contributed by atoms with Gasteiger partial charge < -0.3 is 4.90 Å². The van der Waals surface area contributed by atoms with Crippen LogP contribution in [0.15, 0.2) is 12.5 Å². The third-order valence-corrected chi connectivity index (χ3v) is 3.68. The Morgan fingerprint density at radius 1 is 1.28 bits per heavy atom. The van der Waals surface area contributed by atoms with E-state index < -0.39 is 0 Å². The van der Waals surface area contributed by atoms with Crippen LogP contribution < -0.4 is 4.90 Å². The van der Waals surface area contributed by atoms with E-state index in [1.165, 1.54) is 0 Å². The molecule has 5 nitrogen and oxygen atoms in total. The number of aromatic nitrogens is 4. The molecule has 2 heterocycles. The maximum Gasteiger partial charge on any atom is 0.163 e. The molecule has 0 spiro atoms. The highest BCUT2D eigenvalue weighted by atomic mass is 15.3. The molecule has 0 aliphatic rings. The molecule has 0 amide bonds. The van der Waals surface area contributed by atoms with Crippen LogP contribution in [0.5, 0.6) is 0 Å². The zero-order valence-corrected chi connectivity index (χ0v) is 12.0. The summed E-state index contributed by atoms with van der Waals surface area (Å²) in [6.45, 7) is 8.91. The third kappa shape index (κ3) is 2.05. The van der Waals surface area contributed by atoms with Gasteiger partial charge in [0.25, 0.3) is 0 Å². The monoisotopic (exact) mass is 247 g/mol. The highest BCUT2D eigenvalue weighted by Gasteiger charge is 2.26. The molecule has 0 aliphatic heterocycles. The fourth-order valence-corrected chi connectivity index (χ4v) is 2.00. The lowest BCUT2D eigenvalue weighted by Gasteiger charge is -2.36. The Balaban J connectivity index is 2.48. The summed E-state index contributed by atoms with van der Waals surface area (Å²) in [5, 5.41) is 5.25. The highest BCUT2D eigenvalue weighted by Crippen LogP contribution is 2.29. The first-order valence-corrected chi connectivity index (χ1v) is 6.18. The van der Waals surface area contributed by atoms with Crippen LogP contribution in [-0.4, -0.2) is 32.8 Å². The first kappa shape index (κ1) is 12.8. The molecule has 0 aliphatic carbocycles. The largest absolute Gasteiger partial charge is 0.356 e. The summed E-state index contributed by atoms with van der Waals surface area (Å²) < 4.78 is 1.77. The molecule has 1 unspecified atom stereocenters. The molecule has 0 saturated heterocycles. The fraction of sp³-hybridized carbons (Fsp3) is 0.615. The van der Waals surface area contributed by atoms with Crippen molar-refractivity contribution in [3.8, 4) is 0 Å². The Morgan fingerprint density at radius 2 is 1.94 bits per heavy atom. The third-order valence-electron chi connectivity index (χ3n) is 3.68. The van der Waals surface area contributed by atoms with Crippen molar-refractivity contribution in [2.75, 3.05) is 11.9 Å². The predicted octanol–water partition coefficient (Wildman–Crippen LogP) is 2.23. The summed E-state index contributed by atoms with van der Waals surface area (Å²) in [7, 11) is 3.97. The molecular weight excluding hydrogens is 226 g/mol. The van der Waals surface area contributed by atoms with Gasteiger partial charge in [0.05, 0.1) is 11.6 Å². The van der Waals surface area contributed by atoms with Gasteiger partial charge in [0, 0.05) is 20.1 Å². The van der Waals surface area contributed by atoms with Crippen molar-refractivity contribution in [1.29, 1.82) is 0 Å². The molecule has 0 N–H and O–H groups in total. The fourth-order valence-electron chi connectivity index (χ4n) is 2.00. The average Bonchev–Trinajstić information content (AvgIpc) is 2.68. The molecule has 5 heteroatoms. The summed E-state index contributed by atoms with van der Waals surface area (Å²) in [6, 6.07) is 0.371. The van der Waals surface area contributed by atoms with Crippen molar-refractivity contribution < 1.29 is 0 Å². The summed E-state index contributed by atoms with van der Waals surface area (Å²) in [4.78, 5) is 10.9. The van der Waals surface area contributed by atoms with E-state index in [-0.39, 0.29) is 5.41 Å². The Morgan fingerprint density at radius 3 is 2.56 bits per heavy atom. The maximum absolute atomic E-state index is 4.42. The Bertz CT molecular complexity index is 552. The van der Waals surface area contributed by atoms with Gasteiger partial charge in [-0.2, -0.15) is 5.10 Å². The number of hydrogen-bond donors (Lipinski definition) is 0. The molecule has 2 rings (SSSR count). The van der Waals surface area contributed by atoms with Gasteiger partial charge in [-0.1, -0.05) is 20.8 Å². The van der Waals surface area contributed by atoms with Crippen LogP contribution in [0.3, 0.4) is 0 Å². The van der Waals surface area contributed by atoms with Crippen LogP contribution in [-0.2, 0) is 7.05 Å². The van der Waals surface area contributed by atoms with Gasteiger partial charge in [0.2, 0.25) is 0 Å². The van der Waals surface area contributed by atoms with Crippen LogP contribution in [0.1, 0.15) is 27.7 Å². The smallest absolute Gasteiger partial charge is 0.163 e. The summed E-state index contributed by atoms with van der Waals surface area (Å²) >= 11 is 0. The first-order valence-electron chi connectivity index (χ1n) is 6.18. The molecule has 0 radical (unpaired) electrons. The van der Waals surface area contributed by atoms with Crippen LogP contribution >= 0.6 is 0 Å². The number of fused-ring (bicyclic) bond motifs is 1. The molecule has 2 aromatic heterocycles. The number of aryl methyl sites for hydroxylation is 1. The number of nitrogens with zero attached hydrogens (tertiary/aromatic N) is 5. The predicted molar refractivity (Wildman–Crippen MR) is 73.6 cm³/mol. The Hall–Kier alpha value is -1.65. The van der Waals surface area contributed by atoms with E-state index >= 15 is 0 Å². The lowest BCUT2D eigenvalue weighted by atomic mass is 9.87. The van der Waals surface area contributed by atoms with E-state index in [1.54, 1.807) is 11.0 Å². The first-order chi connectivity index (χ1) is 8.32. The van der Waals surface area contributed by atoms with Crippen molar-refractivity contribution >= 4 is 16.9 Å². The van der Waals surface area contributed by atoms with Crippen LogP contribution in [0.2, 0.25) is 0 Å². The van der Waals surface area contributed by atoms with Crippen molar-refractivity contribution in [2.24, 2.45) is 12.5 Å². The highest BCUT2D eigenvalue weighted by molar-refractivity contribution is 5.86. The minimum absolute atomic E-state index is 0.189. The minimum atomic E-state index is 0.189. The van der Waals surface area contributed by atoms with Crippen LogP contribution in [0.25, 0.3) is 11.0 Å². The molecule has 0 saturated carbocycles. The van der Waals surface area contributed by atoms with Gasteiger partial charge in [-0.3, -0.25) is 4.68 Å². The molecule has 98 valence electrons. The second-order valence-electron chi connectivity index (χ2n) is 5.86. The number of hydrogen-bond acceptors (Lipinski definition) is 4. The standard InChI is InChI=1S/C13H21N5/c1-9(13(2,3)4)17(5)11-10-7-16-18(6)12(10)15-8-14-11/h7-9H,1-6H3. The lowest BCUT2D eigenvalue weighted by molar-refractivity contribution is 0.329. The van der Waals surface area contributed by atoms with E-state index in [0.717, 1.165) is 16.9 Å². The van der Waals surface area contributed by atoms with Crippen molar-refractivity contribution in [2.45, 2.75) is 33.7 Å². The van der Waals surface area contributed by atoms with Gasteiger partial charge in [-0.15, -0.1) is 0 Å². The van der Waals surface area contributed by atoms with E-state index in [9.17, 15) is 0 Å². The van der Waals surface area contributed by atoms with Gasteiger partial charge >= 0.3 is 0 Å². The van der Waals surface area contributed by atoms with Crippen LogP contribution in [0, 0.1) is 5.41 Å². The topological polar surface area (TPSA) is 46.8 Å². The normalized spacial score (nSPS) is 13.9. The number of anilines is 1. The maximum atomic E-state index is 4.42. The summed E-state index contributed by atoms with van der Waals surface area (Å²) in [5.74, 6) is 0.940. The van der Waals surface area contributed by atoms with Crippen molar-refractivity contribution in [3.05, 3.63) is 12.5 Å². The molecule has 0 aromatic carbocycles. The minimum Gasteiger partial charge on any atom is -0.356 e. The van der Waals surface area contributed by atoms with Gasteiger partial charge in [-0.05, 0) is 12.3 Å². The molecule has 2 aromatic rings. The van der Waals surface area contributed by atoms with E-state index in [1.807, 2.05) is 13.2 Å². The zero-order chi connectivity index (χ0) is 13.5.